The molecule has 0 aliphatic carbocycles. The maximum absolute atomic E-state index is 5.73. The van der Waals surface area contributed by atoms with E-state index in [2.05, 4.69) is 20.4 Å². The number of nitrogens with one attached hydrogen (secondary N) is 1. The Balaban J connectivity index is 1.79. The number of hydrogen-bond donors (Lipinski definition) is 2. The highest BCUT2D eigenvalue weighted by Gasteiger charge is 2.03. The van der Waals surface area contributed by atoms with Crippen LogP contribution in [0, 0.1) is 6.92 Å². The maximum atomic E-state index is 5.73. The lowest BCUT2D eigenvalue weighted by atomic mass is 10.2. The molecular formula is C13H13N5O. The molecule has 0 saturated carbocycles. The first-order valence-corrected chi connectivity index (χ1v) is 5.90. The number of hydrogen-bond acceptors (Lipinski definition) is 6. The van der Waals surface area contributed by atoms with Crippen LogP contribution < -0.4 is 11.1 Å². The fraction of sp³-hybridized carbons (Fsp3) is 0.154. The van der Waals surface area contributed by atoms with Crippen LogP contribution in [0.5, 0.6) is 0 Å². The molecule has 0 fully saturated rings. The predicted molar refractivity (Wildman–Crippen MR) is 72.5 cm³/mol. The number of benzene rings is 1. The van der Waals surface area contributed by atoms with E-state index in [-0.39, 0.29) is 0 Å². The Labute approximate surface area is 109 Å². The van der Waals surface area contributed by atoms with Gasteiger partial charge in [-0.3, -0.25) is 0 Å². The normalized spacial score (nSPS) is 10.8. The molecule has 0 aliphatic heterocycles. The standard InChI is InChI=1S/C13H13N5O/c1-8-16-13(18-19-8)7-15-12-5-2-9-6-10(14)3-4-11(9)17-12/h2-6H,7,14H2,1H3,(H,15,17). The Morgan fingerprint density at radius 2 is 2.11 bits per heavy atom. The van der Waals surface area contributed by atoms with Crippen molar-refractivity contribution in [2.75, 3.05) is 11.1 Å². The van der Waals surface area contributed by atoms with E-state index in [0.717, 1.165) is 22.4 Å². The number of rotatable bonds is 3. The third-order valence-corrected chi connectivity index (χ3v) is 2.71. The van der Waals surface area contributed by atoms with E-state index in [9.17, 15) is 0 Å². The first-order valence-electron chi connectivity index (χ1n) is 5.90. The van der Waals surface area contributed by atoms with Crippen LogP contribution in [-0.4, -0.2) is 15.1 Å². The van der Waals surface area contributed by atoms with Crippen LogP contribution in [0.4, 0.5) is 11.5 Å². The summed E-state index contributed by atoms with van der Waals surface area (Å²) in [7, 11) is 0. The molecule has 3 N–H and O–H groups in total. The minimum absolute atomic E-state index is 0.477. The van der Waals surface area contributed by atoms with E-state index in [1.165, 1.54) is 0 Å². The molecule has 3 rings (SSSR count). The van der Waals surface area contributed by atoms with Crippen LogP contribution >= 0.6 is 0 Å². The zero-order valence-corrected chi connectivity index (χ0v) is 10.4. The molecule has 3 aromatic rings. The van der Waals surface area contributed by atoms with Gasteiger partial charge in [0.1, 0.15) is 5.82 Å². The number of anilines is 2. The molecule has 19 heavy (non-hydrogen) atoms. The molecule has 0 aliphatic rings. The lowest BCUT2D eigenvalue weighted by Gasteiger charge is -2.04. The fourth-order valence-corrected chi connectivity index (χ4v) is 1.83. The summed E-state index contributed by atoms with van der Waals surface area (Å²) in [6.45, 7) is 2.24. The van der Waals surface area contributed by atoms with Gasteiger partial charge >= 0.3 is 0 Å². The molecule has 1 aromatic carbocycles. The van der Waals surface area contributed by atoms with Gasteiger partial charge in [0.25, 0.3) is 0 Å². The average molecular weight is 255 g/mol. The maximum Gasteiger partial charge on any atom is 0.223 e. The van der Waals surface area contributed by atoms with Gasteiger partial charge in [0.05, 0.1) is 12.1 Å². The number of nitrogens with zero attached hydrogens (tertiary/aromatic N) is 3. The van der Waals surface area contributed by atoms with Gasteiger partial charge in [-0.05, 0) is 30.3 Å². The highest BCUT2D eigenvalue weighted by atomic mass is 16.5. The summed E-state index contributed by atoms with van der Waals surface area (Å²) in [6.07, 6.45) is 0. The molecule has 0 saturated heterocycles. The van der Waals surface area contributed by atoms with Crippen molar-refractivity contribution in [2.24, 2.45) is 0 Å². The Morgan fingerprint density at radius 3 is 2.89 bits per heavy atom. The molecule has 0 unspecified atom stereocenters. The summed E-state index contributed by atoms with van der Waals surface area (Å²) in [5, 5.41) is 7.98. The van der Waals surface area contributed by atoms with Crippen molar-refractivity contribution in [3.8, 4) is 0 Å². The highest BCUT2D eigenvalue weighted by molar-refractivity contribution is 5.83. The van der Waals surface area contributed by atoms with Crippen molar-refractivity contribution < 1.29 is 4.52 Å². The Morgan fingerprint density at radius 1 is 1.21 bits per heavy atom. The zero-order chi connectivity index (χ0) is 13.2. The second-order valence-corrected chi connectivity index (χ2v) is 4.23. The Bertz CT molecular complexity index is 722. The molecule has 0 atom stereocenters. The summed E-state index contributed by atoms with van der Waals surface area (Å²) < 4.78 is 4.90. The van der Waals surface area contributed by atoms with Crippen molar-refractivity contribution in [1.29, 1.82) is 0 Å². The minimum atomic E-state index is 0.477. The summed E-state index contributed by atoms with van der Waals surface area (Å²) >= 11 is 0. The summed E-state index contributed by atoms with van der Waals surface area (Å²) in [6, 6.07) is 9.50. The first-order chi connectivity index (χ1) is 9.20. The van der Waals surface area contributed by atoms with Crippen molar-refractivity contribution in [3.63, 3.8) is 0 Å². The zero-order valence-electron chi connectivity index (χ0n) is 10.4. The van der Waals surface area contributed by atoms with Crippen molar-refractivity contribution >= 4 is 22.4 Å². The minimum Gasteiger partial charge on any atom is -0.399 e. The van der Waals surface area contributed by atoms with Gasteiger partial charge in [-0.25, -0.2) is 4.98 Å². The van der Waals surface area contributed by atoms with Gasteiger partial charge in [0.15, 0.2) is 5.82 Å². The lowest BCUT2D eigenvalue weighted by molar-refractivity contribution is 0.388. The SMILES string of the molecule is Cc1nc(CNc2ccc3cc(N)ccc3n2)no1. The van der Waals surface area contributed by atoms with Gasteiger partial charge in [0.2, 0.25) is 5.89 Å². The molecular weight excluding hydrogens is 242 g/mol. The number of fused-ring (bicyclic) bond motifs is 1. The average Bonchev–Trinajstić information content (AvgIpc) is 2.82. The molecule has 6 nitrogen and oxygen atoms in total. The third-order valence-electron chi connectivity index (χ3n) is 2.71. The number of aryl methyl sites for hydroxylation is 1. The Kier molecular flexibility index (Phi) is 2.75. The number of pyridine rings is 1. The monoisotopic (exact) mass is 255 g/mol. The summed E-state index contributed by atoms with van der Waals surface area (Å²) in [5.41, 5.74) is 7.35. The van der Waals surface area contributed by atoms with Crippen molar-refractivity contribution in [1.82, 2.24) is 15.1 Å². The second-order valence-electron chi connectivity index (χ2n) is 4.23. The number of nitrogen functional groups attached to an aromatic ring is 1. The van der Waals surface area contributed by atoms with E-state index in [4.69, 9.17) is 10.3 Å². The molecule has 0 radical (unpaired) electrons. The highest BCUT2D eigenvalue weighted by Crippen LogP contribution is 2.18. The van der Waals surface area contributed by atoms with Crippen LogP contribution in [0.15, 0.2) is 34.9 Å². The van der Waals surface area contributed by atoms with Crippen LogP contribution in [0.25, 0.3) is 10.9 Å². The van der Waals surface area contributed by atoms with Crippen LogP contribution in [0.3, 0.4) is 0 Å². The topological polar surface area (TPSA) is 89.9 Å². The molecule has 6 heteroatoms. The molecule has 0 spiro atoms. The van der Waals surface area contributed by atoms with Gasteiger partial charge in [-0.1, -0.05) is 5.16 Å². The van der Waals surface area contributed by atoms with Crippen LogP contribution in [-0.2, 0) is 6.54 Å². The van der Waals surface area contributed by atoms with E-state index in [0.29, 0.717) is 18.3 Å². The molecule has 2 aromatic heterocycles. The van der Waals surface area contributed by atoms with Gasteiger partial charge < -0.3 is 15.6 Å². The van der Waals surface area contributed by atoms with Crippen molar-refractivity contribution in [3.05, 3.63) is 42.0 Å². The summed E-state index contributed by atoms with van der Waals surface area (Å²) in [4.78, 5) is 8.60. The Hall–Kier alpha value is -2.63. The quantitative estimate of drug-likeness (QED) is 0.697. The van der Waals surface area contributed by atoms with E-state index in [1.54, 1.807) is 6.92 Å². The third kappa shape index (κ3) is 2.47. The summed E-state index contributed by atoms with van der Waals surface area (Å²) in [5.74, 6) is 1.93. The van der Waals surface area contributed by atoms with E-state index in [1.807, 2.05) is 30.3 Å². The number of nitrogens with two attached hydrogens (primary N) is 1. The molecule has 2 heterocycles. The van der Waals surface area contributed by atoms with Gasteiger partial charge in [-0.2, -0.15) is 4.98 Å². The fourth-order valence-electron chi connectivity index (χ4n) is 1.83. The van der Waals surface area contributed by atoms with Gasteiger partial charge in [-0.15, -0.1) is 0 Å². The largest absolute Gasteiger partial charge is 0.399 e. The number of aromatic nitrogens is 3. The second kappa shape index (κ2) is 4.56. The molecule has 0 amide bonds. The van der Waals surface area contributed by atoms with Crippen molar-refractivity contribution in [2.45, 2.75) is 13.5 Å². The lowest BCUT2D eigenvalue weighted by Crippen LogP contribution is -2.03. The smallest absolute Gasteiger partial charge is 0.223 e. The van der Waals surface area contributed by atoms with E-state index >= 15 is 0 Å². The van der Waals surface area contributed by atoms with Gasteiger partial charge in [0, 0.05) is 18.0 Å². The molecule has 0 bridgehead atoms. The molecule has 96 valence electrons. The first kappa shape index (κ1) is 11.5. The van der Waals surface area contributed by atoms with Crippen LogP contribution in [0.2, 0.25) is 0 Å². The predicted octanol–water partition coefficient (Wildman–Crippen LogP) is 2.12. The van der Waals surface area contributed by atoms with E-state index < -0.39 is 0 Å². The van der Waals surface area contributed by atoms with Crippen LogP contribution in [0.1, 0.15) is 11.7 Å².